The zero-order valence-electron chi connectivity index (χ0n) is 10.7. The minimum Gasteiger partial charge on any atom is -0.355 e. The number of aromatic nitrogens is 2. The number of carbonyl (C=O) groups is 1. The highest BCUT2D eigenvalue weighted by molar-refractivity contribution is 5.82. The Morgan fingerprint density at radius 1 is 1.50 bits per heavy atom. The topological polar surface area (TPSA) is 72.9 Å². The molecule has 5 heteroatoms. The predicted octanol–water partition coefficient (Wildman–Crippen LogP) is 0.499. The van der Waals surface area contributed by atoms with Gasteiger partial charge < -0.3 is 15.6 Å². The lowest BCUT2D eigenvalue weighted by Gasteiger charge is -2.04. The third-order valence-corrected chi connectivity index (χ3v) is 3.00. The number of imidazole rings is 1. The molecule has 1 aromatic carbocycles. The van der Waals surface area contributed by atoms with Crippen molar-refractivity contribution in [2.75, 3.05) is 13.1 Å². The molecule has 3 N–H and O–H groups in total. The van der Waals surface area contributed by atoms with E-state index in [0.29, 0.717) is 19.5 Å². The first-order valence-electron chi connectivity index (χ1n) is 6.00. The summed E-state index contributed by atoms with van der Waals surface area (Å²) in [5.74, 6) is 0.960. The van der Waals surface area contributed by atoms with Crippen LogP contribution in [0.2, 0.25) is 0 Å². The molecule has 18 heavy (non-hydrogen) atoms. The van der Waals surface area contributed by atoms with E-state index >= 15 is 0 Å². The second kappa shape index (κ2) is 5.18. The Labute approximate surface area is 106 Å². The summed E-state index contributed by atoms with van der Waals surface area (Å²) < 4.78 is 2.04. The molecule has 0 radical (unpaired) electrons. The molecule has 0 unspecified atom stereocenters. The summed E-state index contributed by atoms with van der Waals surface area (Å²) in [6, 6.07) is 5.93. The number of nitrogens with one attached hydrogen (secondary N) is 1. The Morgan fingerprint density at radius 2 is 2.28 bits per heavy atom. The van der Waals surface area contributed by atoms with Crippen LogP contribution < -0.4 is 11.1 Å². The van der Waals surface area contributed by atoms with Crippen molar-refractivity contribution in [1.82, 2.24) is 14.9 Å². The van der Waals surface area contributed by atoms with Crippen LogP contribution in [0.3, 0.4) is 0 Å². The molecule has 0 saturated carbocycles. The summed E-state index contributed by atoms with van der Waals surface area (Å²) >= 11 is 0. The van der Waals surface area contributed by atoms with E-state index in [2.05, 4.69) is 10.3 Å². The van der Waals surface area contributed by atoms with E-state index in [1.165, 1.54) is 0 Å². The van der Waals surface area contributed by atoms with Gasteiger partial charge in [-0.2, -0.15) is 0 Å². The summed E-state index contributed by atoms with van der Waals surface area (Å²) in [7, 11) is 1.98. The average Bonchev–Trinajstić information content (AvgIpc) is 2.62. The van der Waals surface area contributed by atoms with Crippen LogP contribution in [0.15, 0.2) is 18.2 Å². The normalized spacial score (nSPS) is 10.8. The number of aryl methyl sites for hydroxylation is 2. The number of nitrogens with zero attached hydrogens (tertiary/aromatic N) is 2. The van der Waals surface area contributed by atoms with Gasteiger partial charge in [0, 0.05) is 20.1 Å². The standard InChI is InChI=1S/C13H18N4O/c1-9-16-11-7-10(3-4-12(11)17(9)2)8-13(18)15-6-5-14/h3-4,7H,5-6,8,14H2,1-2H3,(H,15,18). The smallest absolute Gasteiger partial charge is 0.224 e. The molecular formula is C13H18N4O. The highest BCUT2D eigenvalue weighted by atomic mass is 16.1. The van der Waals surface area contributed by atoms with Gasteiger partial charge in [-0.25, -0.2) is 4.98 Å². The molecule has 1 amide bonds. The van der Waals surface area contributed by atoms with Crippen LogP contribution >= 0.6 is 0 Å². The Morgan fingerprint density at radius 3 is 3.00 bits per heavy atom. The minimum atomic E-state index is -0.00699. The van der Waals surface area contributed by atoms with E-state index in [0.717, 1.165) is 22.4 Å². The lowest BCUT2D eigenvalue weighted by atomic mass is 10.1. The fourth-order valence-corrected chi connectivity index (χ4v) is 1.94. The van der Waals surface area contributed by atoms with E-state index in [9.17, 15) is 4.79 Å². The molecule has 0 spiro atoms. The quantitative estimate of drug-likeness (QED) is 0.825. The van der Waals surface area contributed by atoms with Crippen LogP contribution in [-0.2, 0) is 18.3 Å². The number of rotatable bonds is 4. The van der Waals surface area contributed by atoms with Crippen molar-refractivity contribution in [3.63, 3.8) is 0 Å². The molecule has 0 fully saturated rings. The first kappa shape index (κ1) is 12.6. The molecule has 1 heterocycles. The van der Waals surface area contributed by atoms with Gasteiger partial charge in [0.25, 0.3) is 0 Å². The molecular weight excluding hydrogens is 228 g/mol. The Balaban J connectivity index is 2.17. The van der Waals surface area contributed by atoms with Crippen LogP contribution in [0, 0.1) is 6.92 Å². The summed E-state index contributed by atoms with van der Waals surface area (Å²) in [6.45, 7) is 2.95. The number of benzene rings is 1. The molecule has 0 aliphatic rings. The molecule has 2 aromatic rings. The molecule has 0 atom stereocenters. The van der Waals surface area contributed by atoms with Crippen molar-refractivity contribution in [2.24, 2.45) is 12.8 Å². The largest absolute Gasteiger partial charge is 0.355 e. The SMILES string of the molecule is Cc1nc2cc(CC(=O)NCCN)ccc2n1C. The van der Waals surface area contributed by atoms with Gasteiger partial charge in [-0.05, 0) is 24.6 Å². The highest BCUT2D eigenvalue weighted by Gasteiger charge is 2.07. The van der Waals surface area contributed by atoms with Crippen LogP contribution in [0.5, 0.6) is 0 Å². The average molecular weight is 246 g/mol. The van der Waals surface area contributed by atoms with Gasteiger partial charge in [-0.3, -0.25) is 4.79 Å². The maximum atomic E-state index is 11.6. The summed E-state index contributed by atoms with van der Waals surface area (Å²) in [5, 5.41) is 2.76. The van der Waals surface area contributed by atoms with Crippen LogP contribution in [0.25, 0.3) is 11.0 Å². The van der Waals surface area contributed by atoms with Gasteiger partial charge in [0.05, 0.1) is 17.5 Å². The molecule has 2 rings (SSSR count). The summed E-state index contributed by atoms with van der Waals surface area (Å²) in [4.78, 5) is 16.0. The van der Waals surface area contributed by atoms with Crippen molar-refractivity contribution in [2.45, 2.75) is 13.3 Å². The van der Waals surface area contributed by atoms with Gasteiger partial charge in [-0.15, -0.1) is 0 Å². The lowest BCUT2D eigenvalue weighted by Crippen LogP contribution is -2.30. The molecule has 0 bridgehead atoms. The number of carbonyl (C=O) groups excluding carboxylic acids is 1. The maximum absolute atomic E-state index is 11.6. The molecule has 1 aromatic heterocycles. The highest BCUT2D eigenvalue weighted by Crippen LogP contribution is 2.16. The van der Waals surface area contributed by atoms with Crippen molar-refractivity contribution in [3.8, 4) is 0 Å². The lowest BCUT2D eigenvalue weighted by molar-refractivity contribution is -0.120. The fourth-order valence-electron chi connectivity index (χ4n) is 1.94. The molecule has 0 aliphatic heterocycles. The van der Waals surface area contributed by atoms with Gasteiger partial charge >= 0.3 is 0 Å². The fraction of sp³-hybridized carbons (Fsp3) is 0.385. The van der Waals surface area contributed by atoms with Gasteiger partial charge in [0.2, 0.25) is 5.91 Å². The first-order valence-corrected chi connectivity index (χ1v) is 6.00. The van der Waals surface area contributed by atoms with Crippen molar-refractivity contribution in [3.05, 3.63) is 29.6 Å². The third-order valence-electron chi connectivity index (χ3n) is 3.00. The number of hydrogen-bond donors (Lipinski definition) is 2. The van der Waals surface area contributed by atoms with Crippen LogP contribution in [0.1, 0.15) is 11.4 Å². The van der Waals surface area contributed by atoms with Crippen LogP contribution in [-0.4, -0.2) is 28.5 Å². The number of nitrogens with two attached hydrogens (primary N) is 1. The van der Waals surface area contributed by atoms with Crippen LogP contribution in [0.4, 0.5) is 0 Å². The van der Waals surface area contributed by atoms with Gasteiger partial charge in [-0.1, -0.05) is 6.07 Å². The van der Waals surface area contributed by atoms with E-state index in [-0.39, 0.29) is 5.91 Å². The van der Waals surface area contributed by atoms with E-state index in [1.807, 2.05) is 36.7 Å². The number of hydrogen-bond acceptors (Lipinski definition) is 3. The molecule has 96 valence electrons. The van der Waals surface area contributed by atoms with E-state index < -0.39 is 0 Å². The van der Waals surface area contributed by atoms with Crippen molar-refractivity contribution in [1.29, 1.82) is 0 Å². The Kier molecular flexibility index (Phi) is 3.62. The zero-order valence-corrected chi connectivity index (χ0v) is 10.7. The molecule has 0 saturated heterocycles. The zero-order chi connectivity index (χ0) is 13.1. The van der Waals surface area contributed by atoms with E-state index in [1.54, 1.807) is 0 Å². The number of amides is 1. The second-order valence-electron chi connectivity index (χ2n) is 4.36. The third kappa shape index (κ3) is 2.51. The van der Waals surface area contributed by atoms with E-state index in [4.69, 9.17) is 5.73 Å². The Bertz CT molecular complexity index is 574. The Hall–Kier alpha value is -1.88. The monoisotopic (exact) mass is 246 g/mol. The second-order valence-corrected chi connectivity index (χ2v) is 4.36. The summed E-state index contributed by atoms with van der Waals surface area (Å²) in [5.41, 5.74) is 8.32. The minimum absolute atomic E-state index is 0.00699. The van der Waals surface area contributed by atoms with Gasteiger partial charge in [0.1, 0.15) is 5.82 Å². The predicted molar refractivity (Wildman–Crippen MR) is 71.2 cm³/mol. The van der Waals surface area contributed by atoms with Crippen molar-refractivity contribution < 1.29 is 4.79 Å². The molecule has 0 aliphatic carbocycles. The maximum Gasteiger partial charge on any atom is 0.224 e. The number of fused-ring (bicyclic) bond motifs is 1. The first-order chi connectivity index (χ1) is 8.61. The van der Waals surface area contributed by atoms with Gasteiger partial charge in [0.15, 0.2) is 0 Å². The van der Waals surface area contributed by atoms with Crippen molar-refractivity contribution >= 4 is 16.9 Å². The summed E-state index contributed by atoms with van der Waals surface area (Å²) in [6.07, 6.45) is 0.367. The molecule has 5 nitrogen and oxygen atoms in total.